The quantitative estimate of drug-likeness (QED) is 0.150. The summed E-state index contributed by atoms with van der Waals surface area (Å²) in [5.74, 6) is 1.33. The number of hydrogen-bond acceptors (Lipinski definition) is 4. The van der Waals surface area contributed by atoms with E-state index >= 15 is 0 Å². The van der Waals surface area contributed by atoms with Crippen LogP contribution in [0.5, 0.6) is 0 Å². The maximum absolute atomic E-state index is 6.00. The summed E-state index contributed by atoms with van der Waals surface area (Å²) in [6.45, 7) is 6.56. The van der Waals surface area contributed by atoms with Gasteiger partial charge in [-0.1, -0.05) is 99.5 Å². The van der Waals surface area contributed by atoms with Gasteiger partial charge in [0, 0.05) is 44.6 Å². The van der Waals surface area contributed by atoms with Gasteiger partial charge in [-0.25, -0.2) is 0 Å². The Morgan fingerprint density at radius 3 is 2.38 bits per heavy atom. The number of aryl methyl sites for hydroxylation is 1. The van der Waals surface area contributed by atoms with Crippen molar-refractivity contribution in [2.75, 3.05) is 0 Å². The molecule has 3 aromatic carbocycles. The molecule has 4 nitrogen and oxygen atoms in total. The third kappa shape index (κ3) is 8.46. The standard InChI is InChI=1S/C26H21N2O.C19H22N.Ir/c1-17(2)19-12-13-27-23(16-19)20-8-10-24-22(15-20)26-25(29-24)11-9-21(28-26)14-18-6-4-3-5-7-18;1-15-14-20-19(17-10-6-3-7-11-17)13-18(15)12-16-8-4-2-5-9-16;/h3-7,9-13,15-17H,14H2,1-2H3;3,6-7,10,13-14,16H,2,4-5,8-9,12H2,1H3;/q2*-1;. The topological polar surface area (TPSA) is 51.8 Å². The third-order valence-corrected chi connectivity index (χ3v) is 9.69. The Morgan fingerprint density at radius 2 is 1.60 bits per heavy atom. The molecule has 7 aromatic rings. The molecule has 5 heteroatoms. The molecule has 0 saturated heterocycles. The Labute approximate surface area is 309 Å². The molecule has 0 aliphatic heterocycles. The minimum absolute atomic E-state index is 0. The Balaban J connectivity index is 0.000000181. The summed E-state index contributed by atoms with van der Waals surface area (Å²) in [4.78, 5) is 14.0. The summed E-state index contributed by atoms with van der Waals surface area (Å²) >= 11 is 0. The first kappa shape index (κ1) is 35.4. The normalized spacial score (nSPS) is 13.2. The van der Waals surface area contributed by atoms with Gasteiger partial charge in [0.15, 0.2) is 0 Å². The van der Waals surface area contributed by atoms with Crippen LogP contribution in [0.1, 0.15) is 79.8 Å². The zero-order valence-electron chi connectivity index (χ0n) is 29.1. The first-order chi connectivity index (χ1) is 24.0. The van der Waals surface area contributed by atoms with Gasteiger partial charge in [0.05, 0.1) is 11.1 Å². The molecule has 1 saturated carbocycles. The second kappa shape index (κ2) is 16.5. The molecule has 0 unspecified atom stereocenters. The maximum Gasteiger partial charge on any atom is 0.139 e. The van der Waals surface area contributed by atoms with E-state index in [-0.39, 0.29) is 20.1 Å². The zero-order valence-corrected chi connectivity index (χ0v) is 31.5. The van der Waals surface area contributed by atoms with Gasteiger partial charge < -0.3 is 14.4 Å². The number of pyridine rings is 3. The number of furan rings is 1. The van der Waals surface area contributed by atoms with Crippen LogP contribution in [0, 0.1) is 25.0 Å². The summed E-state index contributed by atoms with van der Waals surface area (Å²) < 4.78 is 6.00. The molecule has 8 rings (SSSR count). The number of aromatic nitrogens is 3. The average molecular weight is 834 g/mol. The van der Waals surface area contributed by atoms with E-state index in [0.717, 1.165) is 62.6 Å². The van der Waals surface area contributed by atoms with Gasteiger partial charge in [0.2, 0.25) is 0 Å². The molecule has 1 radical (unpaired) electrons. The summed E-state index contributed by atoms with van der Waals surface area (Å²) in [5, 5.41) is 1.00. The molecule has 1 aliphatic carbocycles. The average Bonchev–Trinajstić information content (AvgIpc) is 3.51. The van der Waals surface area contributed by atoms with Gasteiger partial charge in [-0.2, -0.15) is 0 Å². The molecule has 0 atom stereocenters. The van der Waals surface area contributed by atoms with Crippen LogP contribution >= 0.6 is 0 Å². The summed E-state index contributed by atoms with van der Waals surface area (Å²) in [5.41, 5.74) is 12.9. The van der Waals surface area contributed by atoms with Gasteiger partial charge in [0.25, 0.3) is 0 Å². The number of benzene rings is 3. The van der Waals surface area contributed by atoms with Crippen LogP contribution in [0.2, 0.25) is 0 Å². The van der Waals surface area contributed by atoms with Crippen molar-refractivity contribution >= 4 is 22.1 Å². The van der Waals surface area contributed by atoms with Crippen molar-refractivity contribution in [3.63, 3.8) is 0 Å². The first-order valence-corrected chi connectivity index (χ1v) is 17.7. The third-order valence-electron chi connectivity index (χ3n) is 9.69. The molecule has 50 heavy (non-hydrogen) atoms. The zero-order chi connectivity index (χ0) is 33.6. The SMILES string of the molecule is CC(C)c1ccnc(-c2[c-]cc3oc4ccc(Cc5ccccc5)nc4c3c2)c1.Cc1cnc(-c2[c-]cccc2)cc1CC1CCCCC1.[Ir]. The summed E-state index contributed by atoms with van der Waals surface area (Å²) in [6, 6.07) is 39.6. The molecule has 0 N–H and O–H groups in total. The van der Waals surface area contributed by atoms with Gasteiger partial charge >= 0.3 is 0 Å². The minimum Gasteiger partial charge on any atom is -0.499 e. The van der Waals surface area contributed by atoms with Gasteiger partial charge in [-0.15, -0.1) is 59.7 Å². The molecule has 1 aliphatic rings. The molecular weight excluding hydrogens is 791 g/mol. The number of hydrogen-bond donors (Lipinski definition) is 0. The van der Waals surface area contributed by atoms with Crippen LogP contribution in [0.15, 0.2) is 114 Å². The second-order valence-corrected chi connectivity index (χ2v) is 13.6. The van der Waals surface area contributed by atoms with Crippen molar-refractivity contribution in [2.45, 2.75) is 71.6 Å². The number of rotatable bonds is 7. The maximum atomic E-state index is 6.00. The van der Waals surface area contributed by atoms with Crippen molar-refractivity contribution in [1.82, 2.24) is 15.0 Å². The smallest absolute Gasteiger partial charge is 0.139 e. The van der Waals surface area contributed by atoms with Gasteiger partial charge in [-0.3, -0.25) is 4.98 Å². The van der Waals surface area contributed by atoms with Crippen LogP contribution in [-0.2, 0) is 32.9 Å². The molecule has 1 fully saturated rings. The number of fused-ring (bicyclic) bond motifs is 3. The largest absolute Gasteiger partial charge is 0.499 e. The van der Waals surface area contributed by atoms with E-state index in [1.807, 2.05) is 54.9 Å². The van der Waals surface area contributed by atoms with Gasteiger partial charge in [0.1, 0.15) is 5.58 Å². The Kier molecular flexibility index (Phi) is 11.7. The Bertz CT molecular complexity index is 2150. The van der Waals surface area contributed by atoms with Crippen LogP contribution in [0.25, 0.3) is 44.6 Å². The Hall–Kier alpha value is -4.44. The fraction of sp³-hybridized carbons (Fsp3) is 0.267. The van der Waals surface area contributed by atoms with Crippen LogP contribution in [-0.4, -0.2) is 15.0 Å². The van der Waals surface area contributed by atoms with Crippen LogP contribution in [0.3, 0.4) is 0 Å². The van der Waals surface area contributed by atoms with E-state index in [1.165, 1.54) is 60.8 Å². The van der Waals surface area contributed by atoms with E-state index in [2.05, 4.69) is 97.5 Å². The second-order valence-electron chi connectivity index (χ2n) is 13.6. The molecule has 0 amide bonds. The molecule has 4 aromatic heterocycles. The number of nitrogens with zero attached hydrogens (tertiary/aromatic N) is 3. The predicted molar refractivity (Wildman–Crippen MR) is 200 cm³/mol. The van der Waals surface area contributed by atoms with Crippen LogP contribution in [0.4, 0.5) is 0 Å². The van der Waals surface area contributed by atoms with Gasteiger partial charge in [-0.05, 0) is 71.3 Å². The summed E-state index contributed by atoms with van der Waals surface area (Å²) in [6.07, 6.45) is 12.9. The fourth-order valence-electron chi connectivity index (χ4n) is 6.82. The van der Waals surface area contributed by atoms with Crippen LogP contribution < -0.4 is 0 Å². The Morgan fingerprint density at radius 1 is 0.800 bits per heavy atom. The predicted octanol–water partition coefficient (Wildman–Crippen LogP) is 11.5. The van der Waals surface area contributed by atoms with E-state index in [1.54, 1.807) is 0 Å². The molecular formula is C45H43IrN3O-2. The monoisotopic (exact) mass is 834 g/mol. The van der Waals surface area contributed by atoms with Crippen molar-refractivity contribution in [3.05, 3.63) is 150 Å². The minimum atomic E-state index is 0. The molecule has 255 valence electrons. The molecule has 4 heterocycles. The van der Waals surface area contributed by atoms with Crippen molar-refractivity contribution in [3.8, 4) is 22.5 Å². The first-order valence-electron chi connectivity index (χ1n) is 17.7. The van der Waals surface area contributed by atoms with Crippen molar-refractivity contribution in [1.29, 1.82) is 0 Å². The molecule has 0 spiro atoms. The van der Waals surface area contributed by atoms with Crippen molar-refractivity contribution in [2.24, 2.45) is 5.92 Å². The van der Waals surface area contributed by atoms with E-state index in [4.69, 9.17) is 9.40 Å². The van der Waals surface area contributed by atoms with Crippen molar-refractivity contribution < 1.29 is 24.5 Å². The van der Waals surface area contributed by atoms with E-state index in [9.17, 15) is 0 Å². The van der Waals surface area contributed by atoms with E-state index < -0.39 is 0 Å². The summed E-state index contributed by atoms with van der Waals surface area (Å²) in [7, 11) is 0. The fourth-order valence-corrected chi connectivity index (χ4v) is 6.82. The molecule has 0 bridgehead atoms. The van der Waals surface area contributed by atoms with E-state index in [0.29, 0.717) is 5.92 Å².